The molecule has 0 spiro atoms. The number of nitrogens with one attached hydrogen (secondary N) is 4. The van der Waals surface area contributed by atoms with Crippen molar-refractivity contribution in [2.75, 3.05) is 13.1 Å². The molecule has 0 saturated heterocycles. The number of carbonyl (C=O) groups excluding carboxylic acids is 5. The van der Waals surface area contributed by atoms with Gasteiger partial charge in [0, 0.05) is 0 Å². The van der Waals surface area contributed by atoms with E-state index < -0.39 is 41.9 Å². The highest BCUT2D eigenvalue weighted by Gasteiger charge is 2.24. The van der Waals surface area contributed by atoms with E-state index in [1.807, 2.05) is 81.4 Å². The Balaban J connectivity index is 1.80. The van der Waals surface area contributed by atoms with Gasteiger partial charge in [-0.3, -0.25) is 14.4 Å². The predicted octanol–water partition coefficient (Wildman–Crippen LogP) is 3.61. The zero-order valence-corrected chi connectivity index (χ0v) is 24.5. The lowest BCUT2D eigenvalue weighted by Crippen LogP contribution is -2.50. The molecular weight excluding hydrogens is 540 g/mol. The Hall–Kier alpha value is -4.41. The van der Waals surface area contributed by atoms with E-state index in [-0.39, 0.29) is 32.2 Å². The van der Waals surface area contributed by atoms with Crippen LogP contribution in [0.15, 0.2) is 60.7 Å². The van der Waals surface area contributed by atoms with E-state index in [0.717, 1.165) is 17.5 Å². The van der Waals surface area contributed by atoms with E-state index >= 15 is 0 Å². The Morgan fingerprint density at radius 2 is 1.14 bits per heavy atom. The fraction of sp³-hybridized carbons (Fsp3) is 0.452. The van der Waals surface area contributed by atoms with Crippen LogP contribution in [-0.4, -0.2) is 55.0 Å². The molecule has 0 unspecified atom stereocenters. The van der Waals surface area contributed by atoms with Gasteiger partial charge in [0.25, 0.3) is 0 Å². The molecule has 2 aromatic carbocycles. The highest BCUT2D eigenvalue weighted by Crippen LogP contribution is 2.07. The standard InChI is InChI=1S/C31H42N4O7/c1-4-5-16-26(34-30(39)41-20-23-12-8-6-9-13-23)28(37)32-18-25(36)19-33-29(38)27(17-22(2)3)35-31(40)42-21-24-14-10-7-11-15-24/h6-15,22,26-27H,4-5,16-21H2,1-3H3,(H,32,37)(H,33,38)(H,34,39)(H,35,40)/t26-,27-/m0/s1. The van der Waals surface area contributed by atoms with Crippen molar-refractivity contribution in [3.63, 3.8) is 0 Å². The van der Waals surface area contributed by atoms with Crippen molar-refractivity contribution < 1.29 is 33.4 Å². The van der Waals surface area contributed by atoms with Crippen molar-refractivity contribution in [2.24, 2.45) is 5.92 Å². The zero-order valence-electron chi connectivity index (χ0n) is 24.5. The maximum Gasteiger partial charge on any atom is 0.408 e. The maximum absolute atomic E-state index is 12.8. The second kappa shape index (κ2) is 18.8. The third-order valence-corrected chi connectivity index (χ3v) is 6.12. The minimum Gasteiger partial charge on any atom is -0.445 e. The summed E-state index contributed by atoms with van der Waals surface area (Å²) in [6.07, 6.45) is 0.713. The second-order valence-electron chi connectivity index (χ2n) is 10.3. The van der Waals surface area contributed by atoms with E-state index in [9.17, 15) is 24.0 Å². The average molecular weight is 583 g/mol. The van der Waals surface area contributed by atoms with Crippen LogP contribution in [0, 0.1) is 5.92 Å². The Morgan fingerprint density at radius 3 is 1.60 bits per heavy atom. The van der Waals surface area contributed by atoms with Gasteiger partial charge in [-0.2, -0.15) is 0 Å². The summed E-state index contributed by atoms with van der Waals surface area (Å²) >= 11 is 0. The van der Waals surface area contributed by atoms with E-state index in [2.05, 4.69) is 21.3 Å². The minimum atomic E-state index is -0.903. The Labute approximate surface area is 247 Å². The molecule has 0 aliphatic rings. The van der Waals surface area contributed by atoms with Gasteiger partial charge in [-0.15, -0.1) is 0 Å². The molecule has 0 radical (unpaired) electrons. The van der Waals surface area contributed by atoms with E-state index in [0.29, 0.717) is 19.3 Å². The first-order valence-corrected chi connectivity index (χ1v) is 14.2. The summed E-state index contributed by atoms with van der Waals surface area (Å²) in [6, 6.07) is 16.5. The van der Waals surface area contributed by atoms with Gasteiger partial charge in [0.1, 0.15) is 25.3 Å². The summed E-state index contributed by atoms with van der Waals surface area (Å²) in [6.45, 7) is 5.19. The molecule has 0 aliphatic heterocycles. The van der Waals surface area contributed by atoms with Crippen molar-refractivity contribution in [1.82, 2.24) is 21.3 Å². The second-order valence-corrected chi connectivity index (χ2v) is 10.3. The fourth-order valence-corrected chi connectivity index (χ4v) is 3.87. The fourth-order valence-electron chi connectivity index (χ4n) is 3.87. The van der Waals surface area contributed by atoms with E-state index in [4.69, 9.17) is 9.47 Å². The number of hydrogen-bond acceptors (Lipinski definition) is 7. The average Bonchev–Trinajstić information content (AvgIpc) is 2.99. The van der Waals surface area contributed by atoms with Crippen LogP contribution in [0.1, 0.15) is 57.6 Å². The summed E-state index contributed by atoms with van der Waals surface area (Å²) < 4.78 is 10.4. The first-order valence-electron chi connectivity index (χ1n) is 14.2. The van der Waals surface area contributed by atoms with Crippen LogP contribution in [0.2, 0.25) is 0 Å². The number of carbonyl (C=O) groups is 5. The molecule has 0 aliphatic carbocycles. The number of hydrogen-bond donors (Lipinski definition) is 4. The Morgan fingerprint density at radius 1 is 0.690 bits per heavy atom. The van der Waals surface area contributed by atoms with Gasteiger partial charge in [-0.1, -0.05) is 94.3 Å². The molecule has 11 nitrogen and oxygen atoms in total. The summed E-state index contributed by atoms with van der Waals surface area (Å²) in [4.78, 5) is 62.5. The van der Waals surface area contributed by atoms with E-state index in [1.165, 1.54) is 0 Å². The van der Waals surface area contributed by atoms with Crippen LogP contribution in [0.5, 0.6) is 0 Å². The minimum absolute atomic E-state index is 0.0553. The number of benzene rings is 2. The molecular formula is C31H42N4O7. The van der Waals surface area contributed by atoms with Crippen LogP contribution >= 0.6 is 0 Å². The molecule has 0 bridgehead atoms. The van der Waals surface area contributed by atoms with Crippen LogP contribution < -0.4 is 21.3 Å². The van der Waals surface area contributed by atoms with Gasteiger partial charge in [-0.25, -0.2) is 9.59 Å². The first-order chi connectivity index (χ1) is 20.2. The molecule has 228 valence electrons. The van der Waals surface area contributed by atoms with Crippen LogP contribution in [-0.2, 0) is 37.1 Å². The molecule has 42 heavy (non-hydrogen) atoms. The monoisotopic (exact) mass is 582 g/mol. The van der Waals surface area contributed by atoms with Gasteiger partial charge in [0.2, 0.25) is 11.8 Å². The lowest BCUT2D eigenvalue weighted by molar-refractivity contribution is -0.128. The number of ether oxygens (including phenoxy) is 2. The normalized spacial score (nSPS) is 12.0. The van der Waals surface area contributed by atoms with Crippen molar-refractivity contribution in [1.29, 1.82) is 0 Å². The number of ketones is 1. The van der Waals surface area contributed by atoms with Crippen molar-refractivity contribution in [3.8, 4) is 0 Å². The van der Waals surface area contributed by atoms with Crippen LogP contribution in [0.3, 0.4) is 0 Å². The molecule has 2 rings (SSSR count). The molecule has 2 atom stereocenters. The summed E-state index contributed by atoms with van der Waals surface area (Å²) in [5.41, 5.74) is 1.62. The third-order valence-electron chi connectivity index (χ3n) is 6.12. The number of unbranched alkanes of at least 4 members (excludes halogenated alkanes) is 1. The number of amides is 4. The third kappa shape index (κ3) is 13.8. The van der Waals surface area contributed by atoms with Crippen LogP contribution in [0.4, 0.5) is 9.59 Å². The molecule has 4 amide bonds. The molecule has 0 aromatic heterocycles. The van der Waals surface area contributed by atoms with Gasteiger partial charge in [0.15, 0.2) is 5.78 Å². The van der Waals surface area contributed by atoms with Gasteiger partial charge >= 0.3 is 12.2 Å². The summed E-state index contributed by atoms with van der Waals surface area (Å²) in [5.74, 6) is -1.44. The van der Waals surface area contributed by atoms with Crippen molar-refractivity contribution in [3.05, 3.63) is 71.8 Å². The SMILES string of the molecule is CCCC[C@H](NC(=O)OCc1ccccc1)C(=O)NCC(=O)CNC(=O)[C@H](CC(C)C)NC(=O)OCc1ccccc1. The number of Topliss-reactive ketones (excluding diaryl/α,β-unsaturated/α-hetero) is 1. The van der Waals surface area contributed by atoms with Gasteiger partial charge < -0.3 is 30.7 Å². The Kier molecular flexibility index (Phi) is 15.2. The molecule has 4 N–H and O–H groups in total. The first kappa shape index (κ1) is 33.8. The number of alkyl carbamates (subject to hydrolysis) is 2. The topological polar surface area (TPSA) is 152 Å². The summed E-state index contributed by atoms with van der Waals surface area (Å²) in [5, 5.41) is 10.2. The quantitative estimate of drug-likeness (QED) is 0.222. The largest absolute Gasteiger partial charge is 0.445 e. The molecule has 0 saturated carbocycles. The molecule has 11 heteroatoms. The van der Waals surface area contributed by atoms with Gasteiger partial charge in [-0.05, 0) is 29.9 Å². The zero-order chi connectivity index (χ0) is 30.7. The number of rotatable bonds is 17. The van der Waals surface area contributed by atoms with Crippen LogP contribution in [0.25, 0.3) is 0 Å². The lowest BCUT2D eigenvalue weighted by Gasteiger charge is -2.20. The van der Waals surface area contributed by atoms with Crippen molar-refractivity contribution in [2.45, 2.75) is 71.8 Å². The highest BCUT2D eigenvalue weighted by atomic mass is 16.6. The highest BCUT2D eigenvalue weighted by molar-refractivity contribution is 5.93. The predicted molar refractivity (Wildman–Crippen MR) is 157 cm³/mol. The van der Waals surface area contributed by atoms with E-state index in [1.54, 1.807) is 0 Å². The molecule has 0 heterocycles. The molecule has 2 aromatic rings. The summed E-state index contributed by atoms with van der Waals surface area (Å²) in [7, 11) is 0. The van der Waals surface area contributed by atoms with Gasteiger partial charge in [0.05, 0.1) is 13.1 Å². The van der Waals surface area contributed by atoms with Crippen molar-refractivity contribution >= 4 is 29.8 Å². The Bertz CT molecular complexity index is 1140. The maximum atomic E-state index is 12.8. The molecule has 0 fully saturated rings. The lowest BCUT2D eigenvalue weighted by atomic mass is 10.0. The smallest absolute Gasteiger partial charge is 0.408 e.